The summed E-state index contributed by atoms with van der Waals surface area (Å²) in [6.07, 6.45) is -0.261. The number of carboxylic acid groups (broad SMARTS) is 1. The molecule has 0 aliphatic heterocycles. The third kappa shape index (κ3) is 3.57. The Morgan fingerprint density at radius 2 is 1.87 bits per heavy atom. The molecular formula is C16H16N2O4S. The lowest BCUT2D eigenvalue weighted by molar-refractivity contribution is -0.145. The number of carbonyl (C=O) groups is 3. The first kappa shape index (κ1) is 16.7. The Morgan fingerprint density at radius 3 is 2.43 bits per heavy atom. The topological polar surface area (TPSA) is 109 Å². The predicted octanol–water partition coefficient (Wildman–Crippen LogP) is 2.22. The highest BCUT2D eigenvalue weighted by atomic mass is 32.1. The lowest BCUT2D eigenvalue weighted by Gasteiger charge is -2.24. The minimum atomic E-state index is -1.37. The molecule has 6 nitrogen and oxygen atoms in total. The van der Waals surface area contributed by atoms with E-state index in [1.165, 1.54) is 13.0 Å². The van der Waals surface area contributed by atoms with Crippen molar-refractivity contribution in [3.63, 3.8) is 0 Å². The Hall–Kier alpha value is -2.67. The van der Waals surface area contributed by atoms with Gasteiger partial charge in [0.05, 0.1) is 11.0 Å². The Labute approximate surface area is 136 Å². The average molecular weight is 332 g/mol. The van der Waals surface area contributed by atoms with E-state index in [2.05, 4.69) is 5.32 Å². The number of carbonyl (C=O) groups excluding carboxylic acids is 2. The van der Waals surface area contributed by atoms with Gasteiger partial charge in [-0.05, 0) is 23.9 Å². The number of rotatable bonds is 6. The molecule has 0 saturated carbocycles. The quantitative estimate of drug-likeness (QED) is 0.753. The Morgan fingerprint density at radius 1 is 1.22 bits per heavy atom. The van der Waals surface area contributed by atoms with E-state index in [0.29, 0.717) is 10.6 Å². The molecule has 1 aromatic heterocycles. The molecule has 2 rings (SSSR count). The van der Waals surface area contributed by atoms with Gasteiger partial charge in [-0.1, -0.05) is 30.3 Å². The molecule has 0 saturated heterocycles. The molecule has 1 aromatic carbocycles. The van der Waals surface area contributed by atoms with Crippen molar-refractivity contribution in [3.05, 3.63) is 52.9 Å². The summed E-state index contributed by atoms with van der Waals surface area (Å²) in [5.74, 6) is -2.24. The summed E-state index contributed by atoms with van der Waals surface area (Å²) in [5.41, 5.74) is 4.60. The van der Waals surface area contributed by atoms with Gasteiger partial charge in [-0.15, -0.1) is 11.3 Å². The van der Waals surface area contributed by atoms with Gasteiger partial charge >= 0.3 is 5.97 Å². The van der Waals surface area contributed by atoms with Crippen LogP contribution in [0.15, 0.2) is 41.8 Å². The average Bonchev–Trinajstić information content (AvgIpc) is 2.96. The minimum absolute atomic E-state index is 0.208. The number of benzene rings is 1. The maximum atomic E-state index is 12.3. The molecule has 2 aromatic rings. The number of hydrogen-bond acceptors (Lipinski definition) is 4. The molecule has 0 spiro atoms. The molecule has 23 heavy (non-hydrogen) atoms. The van der Waals surface area contributed by atoms with Crippen molar-refractivity contribution >= 4 is 34.1 Å². The van der Waals surface area contributed by atoms with Gasteiger partial charge in [0.2, 0.25) is 5.91 Å². The number of nitrogens with two attached hydrogens (primary N) is 1. The van der Waals surface area contributed by atoms with E-state index in [1.54, 1.807) is 35.7 Å². The first-order valence-electron chi connectivity index (χ1n) is 6.80. The Balaban J connectivity index is 2.21. The molecule has 1 atom stereocenters. The van der Waals surface area contributed by atoms with E-state index in [0.717, 1.165) is 11.3 Å². The molecule has 0 aliphatic rings. The largest absolute Gasteiger partial charge is 0.481 e. The third-order valence-electron chi connectivity index (χ3n) is 3.58. The van der Waals surface area contributed by atoms with Crippen molar-refractivity contribution in [1.82, 2.24) is 0 Å². The molecule has 1 unspecified atom stereocenters. The zero-order chi connectivity index (χ0) is 17.0. The van der Waals surface area contributed by atoms with Crippen molar-refractivity contribution in [3.8, 4) is 0 Å². The van der Waals surface area contributed by atoms with Crippen LogP contribution in [-0.4, -0.2) is 22.9 Å². The number of carboxylic acids is 1. The van der Waals surface area contributed by atoms with Crippen molar-refractivity contribution in [1.29, 1.82) is 0 Å². The summed E-state index contributed by atoms with van der Waals surface area (Å²) in [4.78, 5) is 35.2. The summed E-state index contributed by atoms with van der Waals surface area (Å²) in [6.45, 7) is 1.49. The van der Waals surface area contributed by atoms with Crippen LogP contribution in [-0.2, 0) is 15.0 Å². The van der Waals surface area contributed by atoms with Gasteiger partial charge in [0.15, 0.2) is 0 Å². The summed E-state index contributed by atoms with van der Waals surface area (Å²) < 4.78 is 0. The third-order valence-corrected chi connectivity index (χ3v) is 4.41. The predicted molar refractivity (Wildman–Crippen MR) is 87.5 cm³/mol. The highest BCUT2D eigenvalue weighted by Crippen LogP contribution is 2.30. The zero-order valence-corrected chi connectivity index (χ0v) is 13.2. The van der Waals surface area contributed by atoms with Crippen LogP contribution in [0.5, 0.6) is 0 Å². The van der Waals surface area contributed by atoms with Crippen LogP contribution in [0.25, 0.3) is 0 Å². The van der Waals surface area contributed by atoms with Gasteiger partial charge < -0.3 is 16.2 Å². The van der Waals surface area contributed by atoms with E-state index in [1.807, 2.05) is 0 Å². The fraction of sp³-hybridized carbons (Fsp3) is 0.188. The van der Waals surface area contributed by atoms with Crippen LogP contribution in [0.1, 0.15) is 29.3 Å². The van der Waals surface area contributed by atoms with Crippen molar-refractivity contribution in [2.75, 3.05) is 5.32 Å². The standard InChI is InChI=1S/C16H16N2O4S/c1-16(15(21)22,10-5-3-2-4-6-10)9-12(19)18-14-11(13(17)20)7-8-23-14/h2-8H,9H2,1H3,(H2,17,20)(H,18,19)(H,21,22). The lowest BCUT2D eigenvalue weighted by atomic mass is 9.79. The smallest absolute Gasteiger partial charge is 0.314 e. The van der Waals surface area contributed by atoms with Gasteiger partial charge in [-0.2, -0.15) is 0 Å². The van der Waals surface area contributed by atoms with Gasteiger partial charge in [0, 0.05) is 6.42 Å². The maximum absolute atomic E-state index is 12.3. The molecule has 7 heteroatoms. The van der Waals surface area contributed by atoms with E-state index >= 15 is 0 Å². The number of nitrogens with one attached hydrogen (secondary N) is 1. The van der Waals surface area contributed by atoms with E-state index in [-0.39, 0.29) is 12.0 Å². The van der Waals surface area contributed by atoms with Crippen LogP contribution in [0.4, 0.5) is 5.00 Å². The number of primary amides is 1. The molecule has 0 bridgehead atoms. The van der Waals surface area contributed by atoms with Crippen molar-refractivity contribution in [2.24, 2.45) is 5.73 Å². The molecular weight excluding hydrogens is 316 g/mol. The molecule has 2 amide bonds. The molecule has 0 aliphatic carbocycles. The molecule has 120 valence electrons. The van der Waals surface area contributed by atoms with Gasteiger partial charge in [0.1, 0.15) is 5.00 Å². The van der Waals surface area contributed by atoms with E-state index < -0.39 is 23.2 Å². The number of hydrogen-bond donors (Lipinski definition) is 3. The lowest BCUT2D eigenvalue weighted by Crippen LogP contribution is -2.36. The number of anilines is 1. The summed E-state index contributed by atoms with van der Waals surface area (Å²) in [6, 6.07) is 10.1. The monoisotopic (exact) mass is 332 g/mol. The summed E-state index contributed by atoms with van der Waals surface area (Å²) in [5, 5.41) is 14.1. The second-order valence-corrected chi connectivity index (χ2v) is 6.17. The molecule has 4 N–H and O–H groups in total. The van der Waals surface area contributed by atoms with Crippen LogP contribution in [0.3, 0.4) is 0 Å². The maximum Gasteiger partial charge on any atom is 0.314 e. The number of amides is 2. The summed E-state index contributed by atoms with van der Waals surface area (Å²) >= 11 is 1.16. The van der Waals surface area contributed by atoms with Crippen LogP contribution < -0.4 is 11.1 Å². The zero-order valence-electron chi connectivity index (χ0n) is 12.4. The molecule has 0 fully saturated rings. The van der Waals surface area contributed by atoms with Crippen molar-refractivity contribution < 1.29 is 19.5 Å². The fourth-order valence-corrected chi connectivity index (χ4v) is 3.01. The highest BCUT2D eigenvalue weighted by molar-refractivity contribution is 7.14. The molecule has 0 radical (unpaired) electrons. The number of thiophene rings is 1. The summed E-state index contributed by atoms with van der Waals surface area (Å²) in [7, 11) is 0. The fourth-order valence-electron chi connectivity index (χ4n) is 2.20. The number of aliphatic carboxylic acids is 1. The first-order chi connectivity index (χ1) is 10.8. The van der Waals surface area contributed by atoms with Crippen LogP contribution >= 0.6 is 11.3 Å². The van der Waals surface area contributed by atoms with Gasteiger partial charge in [0.25, 0.3) is 5.91 Å². The normalized spacial score (nSPS) is 13.1. The molecule has 1 heterocycles. The first-order valence-corrected chi connectivity index (χ1v) is 7.68. The van der Waals surface area contributed by atoms with Crippen LogP contribution in [0.2, 0.25) is 0 Å². The van der Waals surface area contributed by atoms with Crippen molar-refractivity contribution in [2.45, 2.75) is 18.8 Å². The second kappa shape index (κ2) is 6.62. The highest BCUT2D eigenvalue weighted by Gasteiger charge is 2.37. The SMILES string of the molecule is CC(CC(=O)Nc1sccc1C(N)=O)(C(=O)O)c1ccccc1. The van der Waals surface area contributed by atoms with E-state index in [9.17, 15) is 19.5 Å². The van der Waals surface area contributed by atoms with Gasteiger partial charge in [-0.3, -0.25) is 14.4 Å². The minimum Gasteiger partial charge on any atom is -0.481 e. The second-order valence-electron chi connectivity index (χ2n) is 5.26. The van der Waals surface area contributed by atoms with E-state index in [4.69, 9.17) is 5.73 Å². The Bertz CT molecular complexity index is 742. The Kier molecular flexibility index (Phi) is 4.80. The van der Waals surface area contributed by atoms with Crippen LogP contribution in [0, 0.1) is 0 Å². The van der Waals surface area contributed by atoms with Gasteiger partial charge in [-0.25, -0.2) is 0 Å².